The quantitative estimate of drug-likeness (QED) is 0.700. The van der Waals surface area contributed by atoms with Crippen molar-refractivity contribution in [3.63, 3.8) is 0 Å². The predicted octanol–water partition coefficient (Wildman–Crippen LogP) is 0.165. The van der Waals surface area contributed by atoms with Gasteiger partial charge in [0.1, 0.15) is 0 Å². The lowest BCUT2D eigenvalue weighted by Gasteiger charge is -2.11. The van der Waals surface area contributed by atoms with E-state index in [1.54, 1.807) is 6.92 Å². The van der Waals surface area contributed by atoms with Gasteiger partial charge in [-0.05, 0) is 13.3 Å². The van der Waals surface area contributed by atoms with Crippen LogP contribution in [-0.4, -0.2) is 29.2 Å². The van der Waals surface area contributed by atoms with Gasteiger partial charge in [-0.2, -0.15) is 0 Å². The first kappa shape index (κ1) is 10.5. The Morgan fingerprint density at radius 2 is 2.54 bits per heavy atom. The number of rotatable bonds is 3. The molecule has 1 aliphatic rings. The third-order valence-electron chi connectivity index (χ3n) is 1.97. The molecular formula is C8H13BrN2O2. The van der Waals surface area contributed by atoms with Crippen LogP contribution in [0.1, 0.15) is 19.8 Å². The van der Waals surface area contributed by atoms with Crippen molar-refractivity contribution in [2.24, 2.45) is 0 Å². The van der Waals surface area contributed by atoms with E-state index in [0.29, 0.717) is 13.0 Å². The van der Waals surface area contributed by atoms with Crippen molar-refractivity contribution in [3.05, 3.63) is 0 Å². The van der Waals surface area contributed by atoms with E-state index in [4.69, 9.17) is 0 Å². The Hall–Kier alpha value is -0.580. The molecule has 74 valence electrons. The van der Waals surface area contributed by atoms with Crippen LogP contribution < -0.4 is 10.6 Å². The molecule has 2 unspecified atom stereocenters. The Labute approximate surface area is 85.6 Å². The normalized spacial score (nSPS) is 23.8. The minimum Gasteiger partial charge on any atom is -0.353 e. The van der Waals surface area contributed by atoms with Gasteiger partial charge in [0.15, 0.2) is 0 Å². The number of alkyl halides is 1. The van der Waals surface area contributed by atoms with Gasteiger partial charge in [0.2, 0.25) is 11.8 Å². The molecule has 0 aliphatic carbocycles. The smallest absolute Gasteiger partial charge is 0.233 e. The molecule has 0 spiro atoms. The van der Waals surface area contributed by atoms with E-state index in [-0.39, 0.29) is 22.7 Å². The zero-order valence-electron chi connectivity index (χ0n) is 7.47. The zero-order chi connectivity index (χ0) is 9.84. The topological polar surface area (TPSA) is 58.2 Å². The molecule has 0 bridgehead atoms. The van der Waals surface area contributed by atoms with Gasteiger partial charge in [0.05, 0.1) is 4.83 Å². The molecular weight excluding hydrogens is 236 g/mol. The summed E-state index contributed by atoms with van der Waals surface area (Å²) in [5, 5.41) is 5.52. The largest absolute Gasteiger partial charge is 0.353 e. The molecule has 0 aromatic carbocycles. The van der Waals surface area contributed by atoms with E-state index in [1.165, 1.54) is 0 Å². The van der Waals surface area contributed by atoms with E-state index in [0.717, 1.165) is 6.42 Å². The van der Waals surface area contributed by atoms with Crippen molar-refractivity contribution >= 4 is 27.7 Å². The van der Waals surface area contributed by atoms with Gasteiger partial charge < -0.3 is 10.6 Å². The van der Waals surface area contributed by atoms with Crippen LogP contribution in [0.3, 0.4) is 0 Å². The molecule has 0 aromatic heterocycles. The second kappa shape index (κ2) is 4.60. The van der Waals surface area contributed by atoms with Crippen LogP contribution in [0.2, 0.25) is 0 Å². The predicted molar refractivity (Wildman–Crippen MR) is 52.6 cm³/mol. The van der Waals surface area contributed by atoms with Crippen molar-refractivity contribution < 1.29 is 9.59 Å². The Morgan fingerprint density at radius 1 is 1.85 bits per heavy atom. The fourth-order valence-corrected chi connectivity index (χ4v) is 1.36. The van der Waals surface area contributed by atoms with E-state index >= 15 is 0 Å². The van der Waals surface area contributed by atoms with Gasteiger partial charge in [-0.1, -0.05) is 15.9 Å². The van der Waals surface area contributed by atoms with Gasteiger partial charge in [0.25, 0.3) is 0 Å². The highest BCUT2D eigenvalue weighted by atomic mass is 79.9. The fourth-order valence-electron chi connectivity index (χ4n) is 1.19. The average Bonchev–Trinajstić information content (AvgIpc) is 2.47. The molecule has 1 saturated heterocycles. The maximum absolute atomic E-state index is 11.1. The van der Waals surface area contributed by atoms with Gasteiger partial charge >= 0.3 is 0 Å². The van der Waals surface area contributed by atoms with E-state index < -0.39 is 0 Å². The fraction of sp³-hybridized carbons (Fsp3) is 0.750. The van der Waals surface area contributed by atoms with Gasteiger partial charge in [-0.3, -0.25) is 9.59 Å². The maximum Gasteiger partial charge on any atom is 0.233 e. The number of amides is 2. The van der Waals surface area contributed by atoms with Crippen LogP contribution in [0.5, 0.6) is 0 Å². The minimum atomic E-state index is -0.176. The van der Waals surface area contributed by atoms with Gasteiger partial charge in [0, 0.05) is 19.0 Å². The van der Waals surface area contributed by atoms with Crippen molar-refractivity contribution in [2.45, 2.75) is 30.6 Å². The average molecular weight is 249 g/mol. The molecule has 2 N–H and O–H groups in total. The Kier molecular flexibility index (Phi) is 3.71. The number of carbonyl (C=O) groups is 2. The van der Waals surface area contributed by atoms with Crippen LogP contribution in [0.4, 0.5) is 0 Å². The molecule has 13 heavy (non-hydrogen) atoms. The van der Waals surface area contributed by atoms with Crippen molar-refractivity contribution in [3.8, 4) is 0 Å². The minimum absolute atomic E-state index is 0.0406. The summed E-state index contributed by atoms with van der Waals surface area (Å²) in [6.45, 7) is 2.29. The summed E-state index contributed by atoms with van der Waals surface area (Å²) in [4.78, 5) is 21.7. The van der Waals surface area contributed by atoms with Crippen molar-refractivity contribution in [1.82, 2.24) is 10.6 Å². The van der Waals surface area contributed by atoms with Crippen LogP contribution in [-0.2, 0) is 9.59 Å². The molecule has 2 atom stereocenters. The summed E-state index contributed by atoms with van der Waals surface area (Å²) in [5.74, 6) is 0.0345. The summed E-state index contributed by atoms with van der Waals surface area (Å²) in [7, 11) is 0. The molecule has 1 fully saturated rings. The summed E-state index contributed by atoms with van der Waals surface area (Å²) in [6, 6.07) is 0.114. The molecule has 2 amide bonds. The van der Waals surface area contributed by atoms with Crippen LogP contribution >= 0.6 is 15.9 Å². The third kappa shape index (κ3) is 3.34. The first-order valence-electron chi connectivity index (χ1n) is 4.30. The lowest BCUT2D eigenvalue weighted by molar-refractivity contribution is -0.121. The molecule has 1 aliphatic heterocycles. The first-order valence-corrected chi connectivity index (χ1v) is 5.22. The molecule has 0 aromatic rings. The Balaban J connectivity index is 2.19. The Bertz CT molecular complexity index is 218. The van der Waals surface area contributed by atoms with Gasteiger partial charge in [-0.25, -0.2) is 0 Å². The van der Waals surface area contributed by atoms with Crippen molar-refractivity contribution in [1.29, 1.82) is 0 Å². The highest BCUT2D eigenvalue weighted by Crippen LogP contribution is 2.05. The monoisotopic (exact) mass is 248 g/mol. The van der Waals surface area contributed by atoms with Crippen LogP contribution in [0, 0.1) is 0 Å². The lowest BCUT2D eigenvalue weighted by atomic mass is 10.2. The van der Waals surface area contributed by atoms with E-state index in [2.05, 4.69) is 26.6 Å². The highest BCUT2D eigenvalue weighted by molar-refractivity contribution is 9.10. The number of carbonyl (C=O) groups excluding carboxylic acids is 2. The summed E-state index contributed by atoms with van der Waals surface area (Å²) in [5.41, 5.74) is 0. The first-order chi connectivity index (χ1) is 6.09. The molecule has 0 radical (unpaired) electrons. The maximum atomic E-state index is 11.1. The lowest BCUT2D eigenvalue weighted by Crippen LogP contribution is -2.40. The molecule has 5 heteroatoms. The SMILES string of the molecule is CC(Br)C(=O)NCC1CCC(=O)N1. The third-order valence-corrected chi connectivity index (χ3v) is 2.38. The highest BCUT2D eigenvalue weighted by Gasteiger charge is 2.21. The molecule has 4 nitrogen and oxygen atoms in total. The van der Waals surface area contributed by atoms with Gasteiger partial charge in [-0.15, -0.1) is 0 Å². The second-order valence-corrected chi connectivity index (χ2v) is 4.54. The van der Waals surface area contributed by atoms with Crippen molar-refractivity contribution in [2.75, 3.05) is 6.54 Å². The summed E-state index contributed by atoms with van der Waals surface area (Å²) in [6.07, 6.45) is 1.39. The number of hydrogen-bond donors (Lipinski definition) is 2. The molecule has 0 saturated carbocycles. The number of nitrogens with one attached hydrogen (secondary N) is 2. The van der Waals surface area contributed by atoms with E-state index in [9.17, 15) is 9.59 Å². The second-order valence-electron chi connectivity index (χ2n) is 3.16. The number of halogens is 1. The van der Waals surface area contributed by atoms with E-state index in [1.807, 2.05) is 0 Å². The number of hydrogen-bond acceptors (Lipinski definition) is 2. The molecule has 1 rings (SSSR count). The summed E-state index contributed by atoms with van der Waals surface area (Å²) < 4.78 is 0. The molecule has 1 heterocycles. The Morgan fingerprint density at radius 3 is 3.00 bits per heavy atom. The summed E-state index contributed by atoms with van der Waals surface area (Å²) >= 11 is 3.16. The van der Waals surface area contributed by atoms with Crippen LogP contribution in [0.25, 0.3) is 0 Å². The van der Waals surface area contributed by atoms with Crippen LogP contribution in [0.15, 0.2) is 0 Å². The standard InChI is InChI=1S/C8H13BrN2O2/c1-5(9)8(13)10-4-6-2-3-7(12)11-6/h5-6H,2-4H2,1H3,(H,10,13)(H,11,12). The zero-order valence-corrected chi connectivity index (χ0v) is 9.06.